The van der Waals surface area contributed by atoms with Crippen LogP contribution >= 0.6 is 0 Å². The van der Waals surface area contributed by atoms with Gasteiger partial charge in [-0.1, -0.05) is 26.2 Å². The zero-order chi connectivity index (χ0) is 10.4. The van der Waals surface area contributed by atoms with Crippen LogP contribution in [0.15, 0.2) is 0 Å². The Morgan fingerprint density at radius 2 is 2.29 bits per heavy atom. The minimum Gasteiger partial charge on any atom is -0.389 e. The second-order valence-corrected chi connectivity index (χ2v) is 4.29. The normalized spacial score (nSPS) is 30.2. The lowest BCUT2D eigenvalue weighted by Crippen LogP contribution is -2.30. The first kappa shape index (κ1) is 12.0. The monoisotopic (exact) mass is 201 g/mol. The smallest absolute Gasteiger partial charge is 0.0895 e. The van der Waals surface area contributed by atoms with Crippen molar-refractivity contribution in [3.8, 4) is 0 Å². The van der Waals surface area contributed by atoms with Crippen LogP contribution < -0.4 is 5.73 Å². The van der Waals surface area contributed by atoms with E-state index in [2.05, 4.69) is 6.92 Å². The first-order valence-corrected chi connectivity index (χ1v) is 5.76. The number of aliphatic hydroxyl groups is 1. The van der Waals surface area contributed by atoms with Crippen LogP contribution in [0.2, 0.25) is 0 Å². The molecular weight excluding hydrogens is 178 g/mol. The van der Waals surface area contributed by atoms with Crippen LogP contribution in [-0.4, -0.2) is 30.5 Å². The molecule has 3 nitrogen and oxygen atoms in total. The molecule has 3 N–H and O–H groups in total. The predicted octanol–water partition coefficient (Wildman–Crippen LogP) is 1.29. The molecular formula is C11H23NO2. The Morgan fingerprint density at radius 1 is 1.50 bits per heavy atom. The van der Waals surface area contributed by atoms with Crippen LogP contribution in [0, 0.1) is 5.92 Å². The highest BCUT2D eigenvalue weighted by atomic mass is 16.5. The SMILES string of the molecule is CCC1CCCC(OCC(O)CN)C1. The molecule has 0 radical (unpaired) electrons. The summed E-state index contributed by atoms with van der Waals surface area (Å²) in [7, 11) is 0. The molecule has 1 rings (SSSR count). The Morgan fingerprint density at radius 3 is 2.93 bits per heavy atom. The molecule has 1 saturated carbocycles. The van der Waals surface area contributed by atoms with Crippen LogP contribution in [0.5, 0.6) is 0 Å². The summed E-state index contributed by atoms with van der Waals surface area (Å²) < 4.78 is 5.64. The van der Waals surface area contributed by atoms with E-state index >= 15 is 0 Å². The quantitative estimate of drug-likeness (QED) is 0.704. The zero-order valence-corrected chi connectivity index (χ0v) is 9.11. The lowest BCUT2D eigenvalue weighted by atomic mass is 9.85. The molecule has 0 aromatic rings. The lowest BCUT2D eigenvalue weighted by molar-refractivity contribution is -0.0303. The third-order valence-corrected chi connectivity index (χ3v) is 3.11. The van der Waals surface area contributed by atoms with Crippen molar-refractivity contribution >= 4 is 0 Å². The molecule has 0 bridgehead atoms. The Labute approximate surface area is 86.6 Å². The van der Waals surface area contributed by atoms with Gasteiger partial charge in [-0.25, -0.2) is 0 Å². The standard InChI is InChI=1S/C11H23NO2/c1-2-9-4-3-5-11(6-9)14-8-10(13)7-12/h9-11,13H,2-8,12H2,1H3. The van der Waals surface area contributed by atoms with E-state index in [1.165, 1.54) is 19.3 Å². The van der Waals surface area contributed by atoms with Crippen molar-refractivity contribution in [1.82, 2.24) is 0 Å². The predicted molar refractivity (Wildman–Crippen MR) is 57.1 cm³/mol. The minimum absolute atomic E-state index is 0.296. The zero-order valence-electron chi connectivity index (χ0n) is 9.11. The van der Waals surface area contributed by atoms with Gasteiger partial charge < -0.3 is 15.6 Å². The van der Waals surface area contributed by atoms with Crippen molar-refractivity contribution in [1.29, 1.82) is 0 Å². The van der Waals surface area contributed by atoms with Crippen molar-refractivity contribution in [2.75, 3.05) is 13.2 Å². The van der Waals surface area contributed by atoms with Crippen LogP contribution in [0.1, 0.15) is 39.0 Å². The van der Waals surface area contributed by atoms with Crippen molar-refractivity contribution in [3.63, 3.8) is 0 Å². The molecule has 0 saturated heterocycles. The third kappa shape index (κ3) is 3.95. The molecule has 0 heterocycles. The van der Waals surface area contributed by atoms with E-state index in [0.29, 0.717) is 19.3 Å². The van der Waals surface area contributed by atoms with E-state index in [9.17, 15) is 5.11 Å². The highest BCUT2D eigenvalue weighted by molar-refractivity contribution is 4.73. The Kier molecular flexibility index (Phi) is 5.45. The van der Waals surface area contributed by atoms with Gasteiger partial charge in [0.05, 0.1) is 18.8 Å². The van der Waals surface area contributed by atoms with E-state index in [1.54, 1.807) is 0 Å². The van der Waals surface area contributed by atoms with Crippen LogP contribution in [0.25, 0.3) is 0 Å². The maximum absolute atomic E-state index is 9.26. The lowest BCUT2D eigenvalue weighted by Gasteiger charge is -2.29. The molecule has 14 heavy (non-hydrogen) atoms. The van der Waals surface area contributed by atoms with Gasteiger partial charge in [-0.2, -0.15) is 0 Å². The molecule has 84 valence electrons. The van der Waals surface area contributed by atoms with Crippen molar-refractivity contribution in [2.24, 2.45) is 11.7 Å². The summed E-state index contributed by atoms with van der Waals surface area (Å²) in [5.74, 6) is 0.823. The summed E-state index contributed by atoms with van der Waals surface area (Å²) in [6, 6.07) is 0. The minimum atomic E-state index is -0.489. The summed E-state index contributed by atoms with van der Waals surface area (Å²) in [6.45, 7) is 2.93. The van der Waals surface area contributed by atoms with Crippen LogP contribution in [-0.2, 0) is 4.74 Å². The molecule has 0 amide bonds. The molecule has 0 aromatic carbocycles. The Hall–Kier alpha value is -0.120. The highest BCUT2D eigenvalue weighted by Gasteiger charge is 2.21. The summed E-state index contributed by atoms with van der Waals surface area (Å²) in [6.07, 6.45) is 6.03. The van der Waals surface area contributed by atoms with Crippen molar-refractivity contribution in [2.45, 2.75) is 51.2 Å². The fourth-order valence-corrected chi connectivity index (χ4v) is 2.08. The van der Waals surface area contributed by atoms with E-state index in [4.69, 9.17) is 10.5 Å². The van der Waals surface area contributed by atoms with Crippen molar-refractivity contribution < 1.29 is 9.84 Å². The summed E-state index contributed by atoms with van der Waals surface area (Å²) in [4.78, 5) is 0. The van der Waals surface area contributed by atoms with E-state index < -0.39 is 6.10 Å². The van der Waals surface area contributed by atoms with Gasteiger partial charge in [-0.15, -0.1) is 0 Å². The van der Waals surface area contributed by atoms with Crippen LogP contribution in [0.4, 0.5) is 0 Å². The number of rotatable bonds is 5. The molecule has 3 heteroatoms. The Balaban J connectivity index is 2.17. The second kappa shape index (κ2) is 6.38. The Bertz CT molecular complexity index is 152. The van der Waals surface area contributed by atoms with Gasteiger partial charge in [0, 0.05) is 6.54 Å². The fraction of sp³-hybridized carbons (Fsp3) is 1.00. The highest BCUT2D eigenvalue weighted by Crippen LogP contribution is 2.28. The van der Waals surface area contributed by atoms with Gasteiger partial charge in [0.15, 0.2) is 0 Å². The maximum atomic E-state index is 9.26. The fourth-order valence-electron chi connectivity index (χ4n) is 2.08. The number of nitrogens with two attached hydrogens (primary N) is 1. The first-order chi connectivity index (χ1) is 6.76. The average molecular weight is 201 g/mol. The molecule has 3 atom stereocenters. The van der Waals surface area contributed by atoms with Gasteiger partial charge in [-0.05, 0) is 18.8 Å². The van der Waals surface area contributed by atoms with E-state index in [1.807, 2.05) is 0 Å². The molecule has 1 fully saturated rings. The third-order valence-electron chi connectivity index (χ3n) is 3.11. The van der Waals surface area contributed by atoms with Crippen LogP contribution in [0.3, 0.4) is 0 Å². The number of hydrogen-bond donors (Lipinski definition) is 2. The molecule has 1 aliphatic rings. The van der Waals surface area contributed by atoms with E-state index in [0.717, 1.165) is 18.8 Å². The largest absolute Gasteiger partial charge is 0.389 e. The second-order valence-electron chi connectivity index (χ2n) is 4.29. The van der Waals surface area contributed by atoms with Gasteiger partial charge in [0.1, 0.15) is 0 Å². The molecule has 3 unspecified atom stereocenters. The number of ether oxygens (including phenoxy) is 1. The van der Waals surface area contributed by atoms with Crippen molar-refractivity contribution in [3.05, 3.63) is 0 Å². The summed E-state index contributed by atoms with van der Waals surface area (Å²) in [5.41, 5.74) is 5.31. The molecule has 0 aliphatic heterocycles. The van der Waals surface area contributed by atoms with E-state index in [-0.39, 0.29) is 0 Å². The average Bonchev–Trinajstić information content (AvgIpc) is 2.26. The number of aliphatic hydroxyl groups excluding tert-OH is 1. The topological polar surface area (TPSA) is 55.5 Å². The maximum Gasteiger partial charge on any atom is 0.0895 e. The molecule has 0 aromatic heterocycles. The summed E-state index contributed by atoms with van der Waals surface area (Å²) in [5, 5.41) is 9.26. The van der Waals surface area contributed by atoms with Gasteiger partial charge in [0.25, 0.3) is 0 Å². The van der Waals surface area contributed by atoms with Gasteiger partial charge in [-0.3, -0.25) is 0 Å². The van der Waals surface area contributed by atoms with Gasteiger partial charge in [0.2, 0.25) is 0 Å². The number of hydrogen-bond acceptors (Lipinski definition) is 3. The first-order valence-electron chi connectivity index (χ1n) is 5.76. The molecule has 0 spiro atoms. The summed E-state index contributed by atoms with van der Waals surface area (Å²) >= 11 is 0. The van der Waals surface area contributed by atoms with Gasteiger partial charge >= 0.3 is 0 Å². The molecule has 1 aliphatic carbocycles.